The van der Waals surface area contributed by atoms with Crippen LogP contribution in [0.2, 0.25) is 0 Å². The molecular weight excluding hydrogens is 335 g/mol. The van der Waals surface area contributed by atoms with Crippen LogP contribution in [0.1, 0.15) is 12.8 Å². The van der Waals surface area contributed by atoms with E-state index in [0.29, 0.717) is 42.2 Å². The molecule has 3 rings (SSSR count). The fourth-order valence-corrected chi connectivity index (χ4v) is 2.61. The van der Waals surface area contributed by atoms with Gasteiger partial charge in [0.15, 0.2) is 0 Å². The average Bonchev–Trinajstić information content (AvgIpc) is 2.66. The van der Waals surface area contributed by atoms with Crippen LogP contribution in [0, 0.1) is 5.82 Å². The van der Waals surface area contributed by atoms with Gasteiger partial charge in [0.1, 0.15) is 22.8 Å². The van der Waals surface area contributed by atoms with Gasteiger partial charge in [-0.2, -0.15) is 0 Å². The Hall–Kier alpha value is -3.15. The van der Waals surface area contributed by atoms with Crippen molar-refractivity contribution in [2.75, 3.05) is 19.0 Å². The molecule has 0 saturated carbocycles. The normalized spacial score (nSPS) is 10.5. The zero-order valence-corrected chi connectivity index (χ0v) is 14.4. The lowest BCUT2D eigenvalue weighted by Gasteiger charge is -2.11. The van der Waals surface area contributed by atoms with E-state index in [1.807, 2.05) is 12.1 Å². The monoisotopic (exact) mass is 354 g/mol. The largest absolute Gasteiger partial charge is 0.494 e. The van der Waals surface area contributed by atoms with E-state index < -0.39 is 0 Å². The first-order chi connectivity index (χ1) is 12.7. The summed E-state index contributed by atoms with van der Waals surface area (Å²) in [6.45, 7) is 0.335. The predicted octanol–water partition coefficient (Wildman–Crippen LogP) is 4.18. The third-order valence-corrected chi connectivity index (χ3v) is 3.84. The summed E-state index contributed by atoms with van der Waals surface area (Å²) in [5.74, 6) is 0.642. The first-order valence-electron chi connectivity index (χ1n) is 8.27. The molecule has 0 bridgehead atoms. The van der Waals surface area contributed by atoms with Crippen molar-refractivity contribution in [1.29, 1.82) is 0 Å². The highest BCUT2D eigenvalue weighted by Gasteiger charge is 2.10. The fraction of sp³-hybridized carbons (Fsp3) is 0.200. The van der Waals surface area contributed by atoms with E-state index in [9.17, 15) is 9.18 Å². The molecule has 26 heavy (non-hydrogen) atoms. The summed E-state index contributed by atoms with van der Waals surface area (Å²) in [5, 5.41) is 3.71. The molecule has 3 aromatic rings. The quantitative estimate of drug-likeness (QED) is 0.647. The second-order valence-electron chi connectivity index (χ2n) is 5.67. The first-order valence-corrected chi connectivity index (χ1v) is 8.27. The number of rotatable bonds is 7. The fourth-order valence-electron chi connectivity index (χ4n) is 2.61. The van der Waals surface area contributed by atoms with E-state index in [-0.39, 0.29) is 11.7 Å². The van der Waals surface area contributed by atoms with Crippen molar-refractivity contribution in [3.63, 3.8) is 0 Å². The van der Waals surface area contributed by atoms with Gasteiger partial charge in [-0.15, -0.1) is 0 Å². The predicted molar refractivity (Wildman–Crippen MR) is 98.1 cm³/mol. The Balaban J connectivity index is 1.56. The van der Waals surface area contributed by atoms with E-state index in [1.54, 1.807) is 37.6 Å². The number of carbonyl (C=O) groups is 1. The molecule has 0 unspecified atom stereocenters. The Bertz CT molecular complexity index is 914. The number of nitrogens with zero attached hydrogens (tertiary/aromatic N) is 1. The molecule has 0 atom stereocenters. The minimum Gasteiger partial charge on any atom is -0.494 e. The second kappa shape index (κ2) is 8.29. The first kappa shape index (κ1) is 17.7. The second-order valence-corrected chi connectivity index (χ2v) is 5.67. The minimum atomic E-state index is -0.347. The molecule has 2 aromatic carbocycles. The Morgan fingerprint density at radius 3 is 2.88 bits per heavy atom. The number of methoxy groups -OCH3 is 1. The molecular formula is C20H19FN2O3. The van der Waals surface area contributed by atoms with Gasteiger partial charge in [0.05, 0.1) is 19.4 Å². The maximum Gasteiger partial charge on any atom is 0.224 e. The third-order valence-electron chi connectivity index (χ3n) is 3.84. The van der Waals surface area contributed by atoms with Crippen molar-refractivity contribution >= 4 is 22.5 Å². The van der Waals surface area contributed by atoms with E-state index in [4.69, 9.17) is 9.47 Å². The van der Waals surface area contributed by atoms with Crippen molar-refractivity contribution < 1.29 is 18.7 Å². The van der Waals surface area contributed by atoms with E-state index in [1.165, 1.54) is 12.1 Å². The van der Waals surface area contributed by atoms with E-state index in [2.05, 4.69) is 10.3 Å². The molecule has 0 spiro atoms. The number of pyridine rings is 1. The number of hydrogen-bond donors (Lipinski definition) is 1. The molecule has 0 fully saturated rings. The zero-order valence-electron chi connectivity index (χ0n) is 14.4. The van der Waals surface area contributed by atoms with Crippen molar-refractivity contribution in [3.8, 4) is 11.5 Å². The van der Waals surface area contributed by atoms with Crippen LogP contribution < -0.4 is 14.8 Å². The highest BCUT2D eigenvalue weighted by atomic mass is 19.1. The molecule has 0 aliphatic carbocycles. The number of ether oxygens (including phenoxy) is 2. The summed E-state index contributed by atoms with van der Waals surface area (Å²) in [4.78, 5) is 16.5. The molecule has 1 N–H and O–H groups in total. The maximum absolute atomic E-state index is 13.1. The molecule has 1 heterocycles. The zero-order chi connectivity index (χ0) is 18.4. The molecule has 0 radical (unpaired) electrons. The third kappa shape index (κ3) is 4.27. The molecule has 5 nitrogen and oxygen atoms in total. The summed E-state index contributed by atoms with van der Waals surface area (Å²) in [6, 6.07) is 13.2. The smallest absolute Gasteiger partial charge is 0.224 e. The standard InChI is InChI=1S/C20H19FN2O3/c1-25-18-10-9-17(16-7-3-11-22-20(16)18)23-19(24)8-4-12-26-15-6-2-5-14(21)13-15/h2-3,5-7,9-11,13H,4,8,12H2,1H3,(H,23,24). The van der Waals surface area contributed by atoms with Gasteiger partial charge in [-0.25, -0.2) is 4.39 Å². The number of carbonyl (C=O) groups excluding carboxylic acids is 1. The summed E-state index contributed by atoms with van der Waals surface area (Å²) in [7, 11) is 1.58. The van der Waals surface area contributed by atoms with Crippen LogP contribution in [0.3, 0.4) is 0 Å². The average molecular weight is 354 g/mol. The number of amides is 1. The number of halogens is 1. The molecule has 134 valence electrons. The van der Waals surface area contributed by atoms with Crippen LogP contribution in [-0.2, 0) is 4.79 Å². The number of anilines is 1. The van der Waals surface area contributed by atoms with Gasteiger partial charge in [0.25, 0.3) is 0 Å². The topological polar surface area (TPSA) is 60.5 Å². The van der Waals surface area contributed by atoms with Crippen molar-refractivity contribution in [3.05, 3.63) is 60.5 Å². The van der Waals surface area contributed by atoms with Gasteiger partial charge in [-0.3, -0.25) is 9.78 Å². The molecule has 0 aliphatic rings. The van der Waals surface area contributed by atoms with Gasteiger partial charge < -0.3 is 14.8 Å². The lowest BCUT2D eigenvalue weighted by molar-refractivity contribution is -0.116. The van der Waals surface area contributed by atoms with Crippen LogP contribution in [0.4, 0.5) is 10.1 Å². The minimum absolute atomic E-state index is 0.122. The van der Waals surface area contributed by atoms with Gasteiger partial charge >= 0.3 is 0 Å². The summed E-state index contributed by atoms with van der Waals surface area (Å²) in [5.41, 5.74) is 1.38. The number of aromatic nitrogens is 1. The van der Waals surface area contributed by atoms with Crippen molar-refractivity contribution in [2.45, 2.75) is 12.8 Å². The number of fused-ring (bicyclic) bond motifs is 1. The van der Waals surface area contributed by atoms with E-state index in [0.717, 1.165) is 5.39 Å². The maximum atomic E-state index is 13.1. The molecule has 6 heteroatoms. The lowest BCUT2D eigenvalue weighted by Crippen LogP contribution is -2.13. The molecule has 0 saturated heterocycles. The van der Waals surface area contributed by atoms with Crippen LogP contribution in [-0.4, -0.2) is 24.6 Å². The summed E-state index contributed by atoms with van der Waals surface area (Å²) in [6.07, 6.45) is 2.50. The Morgan fingerprint density at radius 2 is 2.08 bits per heavy atom. The highest BCUT2D eigenvalue weighted by molar-refractivity contribution is 6.02. The molecule has 1 amide bonds. The van der Waals surface area contributed by atoms with Gasteiger partial charge in [0.2, 0.25) is 5.91 Å². The highest BCUT2D eigenvalue weighted by Crippen LogP contribution is 2.29. The van der Waals surface area contributed by atoms with Gasteiger partial charge in [-0.1, -0.05) is 6.07 Å². The Labute approximate surface area is 150 Å². The summed E-state index contributed by atoms with van der Waals surface area (Å²) >= 11 is 0. The molecule has 1 aromatic heterocycles. The van der Waals surface area contributed by atoms with Crippen molar-refractivity contribution in [1.82, 2.24) is 4.98 Å². The number of nitrogens with one attached hydrogen (secondary N) is 1. The summed E-state index contributed by atoms with van der Waals surface area (Å²) < 4.78 is 23.8. The number of hydrogen-bond acceptors (Lipinski definition) is 4. The van der Waals surface area contributed by atoms with Gasteiger partial charge in [0, 0.05) is 24.1 Å². The van der Waals surface area contributed by atoms with Crippen LogP contribution in [0.25, 0.3) is 10.9 Å². The van der Waals surface area contributed by atoms with Crippen LogP contribution >= 0.6 is 0 Å². The SMILES string of the molecule is COc1ccc(NC(=O)CCCOc2cccc(F)c2)c2cccnc12. The Kier molecular flexibility index (Phi) is 5.63. The van der Waals surface area contributed by atoms with Crippen LogP contribution in [0.15, 0.2) is 54.7 Å². The van der Waals surface area contributed by atoms with Gasteiger partial charge in [-0.05, 0) is 42.8 Å². The van der Waals surface area contributed by atoms with Crippen molar-refractivity contribution in [2.24, 2.45) is 0 Å². The molecule has 0 aliphatic heterocycles. The van der Waals surface area contributed by atoms with E-state index >= 15 is 0 Å². The Morgan fingerprint density at radius 1 is 1.19 bits per heavy atom. The number of benzene rings is 2. The lowest BCUT2D eigenvalue weighted by atomic mass is 10.1. The van der Waals surface area contributed by atoms with Crippen LogP contribution in [0.5, 0.6) is 11.5 Å².